The summed E-state index contributed by atoms with van der Waals surface area (Å²) in [6.07, 6.45) is 6.79. The summed E-state index contributed by atoms with van der Waals surface area (Å²) in [6.45, 7) is 7.85. The van der Waals surface area contributed by atoms with Crippen LogP contribution in [0.5, 0.6) is 0 Å². The molecule has 1 aliphatic rings. The zero-order chi connectivity index (χ0) is 14.4. The average molecular weight is 274 g/mol. The van der Waals surface area contributed by atoms with Crippen LogP contribution < -0.4 is 5.73 Å². The van der Waals surface area contributed by atoms with Gasteiger partial charge in [0, 0.05) is 6.54 Å². The molecule has 112 valence electrons. The molecule has 2 unspecified atom stereocenters. The van der Waals surface area contributed by atoms with Crippen molar-refractivity contribution in [1.82, 2.24) is 4.90 Å². The summed E-state index contributed by atoms with van der Waals surface area (Å²) in [7, 11) is 0. The zero-order valence-electron chi connectivity index (χ0n) is 13.1. The van der Waals surface area contributed by atoms with Crippen LogP contribution in [0, 0.1) is 5.92 Å². The molecule has 0 spiro atoms. The van der Waals surface area contributed by atoms with Crippen LogP contribution in [0.2, 0.25) is 0 Å². The van der Waals surface area contributed by atoms with E-state index in [-0.39, 0.29) is 5.54 Å². The second kappa shape index (κ2) is 7.24. The molecule has 0 amide bonds. The lowest BCUT2D eigenvalue weighted by Gasteiger charge is -2.32. The van der Waals surface area contributed by atoms with Gasteiger partial charge in [0.25, 0.3) is 0 Å². The summed E-state index contributed by atoms with van der Waals surface area (Å²) < 4.78 is 0. The first-order valence-corrected chi connectivity index (χ1v) is 8.18. The molecule has 0 aliphatic carbocycles. The molecule has 1 heterocycles. The largest absolute Gasteiger partial charge is 0.321 e. The lowest BCUT2D eigenvalue weighted by atomic mass is 9.92. The third-order valence-corrected chi connectivity index (χ3v) is 4.62. The second-order valence-corrected chi connectivity index (χ2v) is 6.65. The van der Waals surface area contributed by atoms with Crippen LogP contribution in [0.15, 0.2) is 30.3 Å². The molecule has 1 aromatic carbocycles. The maximum atomic E-state index is 6.57. The first kappa shape index (κ1) is 15.5. The monoisotopic (exact) mass is 274 g/mol. The van der Waals surface area contributed by atoms with Gasteiger partial charge in [-0.15, -0.1) is 0 Å². The van der Waals surface area contributed by atoms with E-state index in [1.807, 2.05) is 0 Å². The third-order valence-electron chi connectivity index (χ3n) is 4.62. The van der Waals surface area contributed by atoms with Gasteiger partial charge >= 0.3 is 0 Å². The smallest absolute Gasteiger partial charge is 0.0509 e. The molecule has 1 aromatic rings. The van der Waals surface area contributed by atoms with Crippen LogP contribution >= 0.6 is 0 Å². The van der Waals surface area contributed by atoms with E-state index in [2.05, 4.69) is 49.1 Å². The van der Waals surface area contributed by atoms with E-state index in [1.54, 1.807) is 0 Å². The molecule has 2 N–H and O–H groups in total. The standard InChI is InChI=1S/C18H30N2/c1-3-8-16-9-7-13-20(14-12-16)15-18(2,19)17-10-5-4-6-11-17/h4-6,10-11,16H,3,7-9,12-15,19H2,1-2H3. The number of hydrogen-bond acceptors (Lipinski definition) is 2. The Morgan fingerprint density at radius 2 is 1.95 bits per heavy atom. The quantitative estimate of drug-likeness (QED) is 0.885. The van der Waals surface area contributed by atoms with Gasteiger partial charge in [0.15, 0.2) is 0 Å². The van der Waals surface area contributed by atoms with E-state index in [0.717, 1.165) is 12.5 Å². The van der Waals surface area contributed by atoms with Crippen molar-refractivity contribution in [3.63, 3.8) is 0 Å². The summed E-state index contributed by atoms with van der Waals surface area (Å²) in [5.41, 5.74) is 7.57. The van der Waals surface area contributed by atoms with Crippen LogP contribution in [-0.2, 0) is 5.54 Å². The minimum atomic E-state index is -0.244. The van der Waals surface area contributed by atoms with Crippen LogP contribution in [0.4, 0.5) is 0 Å². The van der Waals surface area contributed by atoms with Gasteiger partial charge in [-0.05, 0) is 50.8 Å². The van der Waals surface area contributed by atoms with Crippen LogP contribution in [-0.4, -0.2) is 24.5 Å². The summed E-state index contributed by atoms with van der Waals surface area (Å²) in [4.78, 5) is 2.57. The summed E-state index contributed by atoms with van der Waals surface area (Å²) in [5, 5.41) is 0. The van der Waals surface area contributed by atoms with Crippen LogP contribution in [0.3, 0.4) is 0 Å². The highest BCUT2D eigenvalue weighted by Crippen LogP contribution is 2.25. The van der Waals surface area contributed by atoms with E-state index in [0.29, 0.717) is 0 Å². The fraction of sp³-hybridized carbons (Fsp3) is 0.667. The molecule has 2 atom stereocenters. The van der Waals surface area contributed by atoms with Gasteiger partial charge in [0.1, 0.15) is 0 Å². The maximum absolute atomic E-state index is 6.57. The van der Waals surface area contributed by atoms with E-state index >= 15 is 0 Å². The van der Waals surface area contributed by atoms with Gasteiger partial charge in [0.2, 0.25) is 0 Å². The zero-order valence-corrected chi connectivity index (χ0v) is 13.1. The van der Waals surface area contributed by atoms with Gasteiger partial charge in [-0.1, -0.05) is 50.1 Å². The highest BCUT2D eigenvalue weighted by Gasteiger charge is 2.26. The van der Waals surface area contributed by atoms with Gasteiger partial charge in [-0.3, -0.25) is 0 Å². The Morgan fingerprint density at radius 1 is 1.20 bits per heavy atom. The summed E-state index contributed by atoms with van der Waals surface area (Å²) in [6, 6.07) is 10.5. The van der Waals surface area contributed by atoms with Crippen LogP contribution in [0.1, 0.15) is 51.5 Å². The molecule has 2 heteroatoms. The Balaban J connectivity index is 1.92. The Bertz CT molecular complexity index is 386. The number of nitrogens with two attached hydrogens (primary N) is 1. The summed E-state index contributed by atoms with van der Waals surface area (Å²) in [5.74, 6) is 0.936. The Labute approximate surface area is 124 Å². The molecule has 0 bridgehead atoms. The minimum absolute atomic E-state index is 0.244. The van der Waals surface area contributed by atoms with Gasteiger partial charge in [-0.25, -0.2) is 0 Å². The SMILES string of the molecule is CCCC1CCCN(CC(C)(N)c2ccccc2)CC1. The maximum Gasteiger partial charge on any atom is 0.0509 e. The van der Waals surface area contributed by atoms with Crippen molar-refractivity contribution < 1.29 is 0 Å². The molecule has 2 rings (SSSR count). The van der Waals surface area contributed by atoms with Crippen molar-refractivity contribution >= 4 is 0 Å². The first-order chi connectivity index (χ1) is 9.62. The van der Waals surface area contributed by atoms with Gasteiger partial charge in [0.05, 0.1) is 5.54 Å². The molecular weight excluding hydrogens is 244 g/mol. The number of benzene rings is 1. The molecule has 0 radical (unpaired) electrons. The normalized spacial score (nSPS) is 24.1. The number of rotatable bonds is 5. The van der Waals surface area contributed by atoms with Crippen molar-refractivity contribution in [2.24, 2.45) is 11.7 Å². The lowest BCUT2D eigenvalue weighted by molar-refractivity contribution is 0.221. The molecule has 1 fully saturated rings. The van der Waals surface area contributed by atoms with E-state index in [1.165, 1.54) is 50.8 Å². The Kier molecular flexibility index (Phi) is 5.62. The third kappa shape index (κ3) is 4.32. The fourth-order valence-corrected chi connectivity index (χ4v) is 3.45. The highest BCUT2D eigenvalue weighted by atomic mass is 15.1. The molecular formula is C18H30N2. The second-order valence-electron chi connectivity index (χ2n) is 6.65. The predicted octanol–water partition coefficient (Wildman–Crippen LogP) is 3.76. The molecule has 2 nitrogen and oxygen atoms in total. The van der Waals surface area contributed by atoms with E-state index in [9.17, 15) is 0 Å². The minimum Gasteiger partial charge on any atom is -0.321 e. The molecule has 0 aromatic heterocycles. The Morgan fingerprint density at radius 3 is 2.65 bits per heavy atom. The predicted molar refractivity (Wildman–Crippen MR) is 86.7 cm³/mol. The summed E-state index contributed by atoms with van der Waals surface area (Å²) >= 11 is 0. The highest BCUT2D eigenvalue weighted by molar-refractivity contribution is 5.23. The van der Waals surface area contributed by atoms with Crippen molar-refractivity contribution in [2.45, 2.75) is 51.5 Å². The number of nitrogens with zero attached hydrogens (tertiary/aromatic N) is 1. The number of likely N-dealkylation sites (tertiary alicyclic amines) is 1. The number of hydrogen-bond donors (Lipinski definition) is 1. The average Bonchev–Trinajstić information content (AvgIpc) is 2.66. The van der Waals surface area contributed by atoms with E-state index < -0.39 is 0 Å². The van der Waals surface area contributed by atoms with Gasteiger partial charge in [-0.2, -0.15) is 0 Å². The first-order valence-electron chi connectivity index (χ1n) is 8.18. The molecule has 20 heavy (non-hydrogen) atoms. The van der Waals surface area contributed by atoms with E-state index in [4.69, 9.17) is 5.73 Å². The van der Waals surface area contributed by atoms with Gasteiger partial charge < -0.3 is 10.6 Å². The van der Waals surface area contributed by atoms with Crippen LogP contribution in [0.25, 0.3) is 0 Å². The molecule has 1 saturated heterocycles. The topological polar surface area (TPSA) is 29.3 Å². The van der Waals surface area contributed by atoms with Crippen molar-refractivity contribution in [1.29, 1.82) is 0 Å². The Hall–Kier alpha value is -0.860. The molecule has 1 aliphatic heterocycles. The van der Waals surface area contributed by atoms with Crippen molar-refractivity contribution in [2.75, 3.05) is 19.6 Å². The fourth-order valence-electron chi connectivity index (χ4n) is 3.45. The van der Waals surface area contributed by atoms with Crippen molar-refractivity contribution in [3.8, 4) is 0 Å². The lowest BCUT2D eigenvalue weighted by Crippen LogP contribution is -2.45. The molecule has 0 saturated carbocycles. The van der Waals surface area contributed by atoms with Crippen molar-refractivity contribution in [3.05, 3.63) is 35.9 Å².